The van der Waals surface area contributed by atoms with Gasteiger partial charge in [0.25, 0.3) is 0 Å². The summed E-state index contributed by atoms with van der Waals surface area (Å²) in [5, 5.41) is 2.98. The van der Waals surface area contributed by atoms with Crippen molar-refractivity contribution in [3.05, 3.63) is 77.7 Å². The molecule has 5 rings (SSSR count). The maximum Gasteiger partial charge on any atom is 0.230 e. The number of ether oxygens (including phenoxy) is 1. The Balaban J connectivity index is 1.52. The van der Waals surface area contributed by atoms with Crippen LogP contribution in [0.4, 0.5) is 0 Å². The molecule has 1 aromatic carbocycles. The first-order valence-corrected chi connectivity index (χ1v) is 11.4. The van der Waals surface area contributed by atoms with Crippen LogP contribution in [-0.4, -0.2) is 44.7 Å². The van der Waals surface area contributed by atoms with E-state index >= 15 is 0 Å². The molecule has 172 valence electrons. The van der Waals surface area contributed by atoms with Crippen molar-refractivity contribution < 1.29 is 9.53 Å². The van der Waals surface area contributed by atoms with E-state index in [1.807, 2.05) is 63.3 Å². The molecule has 8 nitrogen and oxygen atoms in total. The molecule has 3 heterocycles. The number of carbonyl (C=O) groups is 1. The predicted octanol–water partition coefficient (Wildman–Crippen LogP) is 4.03. The van der Waals surface area contributed by atoms with Crippen molar-refractivity contribution >= 4 is 28.4 Å². The van der Waals surface area contributed by atoms with Crippen molar-refractivity contribution in [2.45, 2.75) is 39.8 Å². The van der Waals surface area contributed by atoms with E-state index in [1.54, 1.807) is 12.4 Å². The summed E-state index contributed by atoms with van der Waals surface area (Å²) in [5.74, 6) is 0.788. The molecule has 1 atom stereocenters. The molecule has 1 unspecified atom stereocenters. The summed E-state index contributed by atoms with van der Waals surface area (Å²) in [6.07, 6.45) is 7.97. The highest BCUT2D eigenvalue weighted by molar-refractivity contribution is 6.15. The van der Waals surface area contributed by atoms with Gasteiger partial charge in [-0.05, 0) is 50.6 Å². The van der Waals surface area contributed by atoms with Gasteiger partial charge in [-0.25, -0.2) is 9.98 Å². The molecule has 2 aliphatic rings. The van der Waals surface area contributed by atoms with Crippen LogP contribution in [0.1, 0.15) is 38.1 Å². The zero-order valence-corrected chi connectivity index (χ0v) is 19.4. The highest BCUT2D eigenvalue weighted by Gasteiger charge is 2.23. The summed E-state index contributed by atoms with van der Waals surface area (Å²) in [5.41, 5.74) is 6.63. The number of nitrogens with zero attached hydrogens (tertiary/aromatic N) is 5. The van der Waals surface area contributed by atoms with Crippen molar-refractivity contribution in [1.29, 1.82) is 0 Å². The van der Waals surface area contributed by atoms with E-state index in [4.69, 9.17) is 14.7 Å². The van der Waals surface area contributed by atoms with Crippen molar-refractivity contribution in [2.75, 3.05) is 6.61 Å². The molecule has 1 N–H and O–H groups in total. The van der Waals surface area contributed by atoms with Crippen LogP contribution in [0.15, 0.2) is 76.3 Å². The molecule has 0 radical (unpaired) electrons. The minimum absolute atomic E-state index is 0.0967. The standard InChI is InChI=1S/C26H26N6O2/c1-4-34-17(3)29-20-6-5-7-21-26(20)31-22(14-25(33)30-21)18-8-10-19(11-9-18)32-16(2)28-23-15-27-13-12-24(23)32/h5,7-13,15,17H,4,6,14H2,1-3H3,(H,30,33). The number of rotatable bonds is 5. The Hall–Kier alpha value is -3.91. The average molecular weight is 455 g/mol. The Morgan fingerprint density at radius 1 is 1.24 bits per heavy atom. The molecule has 0 fully saturated rings. The third-order valence-corrected chi connectivity index (χ3v) is 5.80. The van der Waals surface area contributed by atoms with E-state index in [-0.39, 0.29) is 18.6 Å². The fourth-order valence-corrected chi connectivity index (χ4v) is 4.33. The number of allylic oxidation sites excluding steroid dienone is 3. The van der Waals surface area contributed by atoms with Crippen molar-refractivity contribution in [2.24, 2.45) is 9.98 Å². The van der Waals surface area contributed by atoms with Gasteiger partial charge < -0.3 is 10.1 Å². The molecule has 34 heavy (non-hydrogen) atoms. The number of fused-ring (bicyclic) bond motifs is 1. The highest BCUT2D eigenvalue weighted by atomic mass is 16.5. The van der Waals surface area contributed by atoms with Gasteiger partial charge >= 0.3 is 0 Å². The summed E-state index contributed by atoms with van der Waals surface area (Å²) in [7, 11) is 0. The lowest BCUT2D eigenvalue weighted by atomic mass is 10.0. The molecular weight excluding hydrogens is 428 g/mol. The van der Waals surface area contributed by atoms with Gasteiger partial charge in [-0.2, -0.15) is 0 Å². The number of carbonyl (C=O) groups excluding carboxylic acids is 1. The SMILES string of the molecule is CCOC(C)N=C1CC=CC2=C1N=C(c1ccc(-n3c(C)nc4cnccc43)cc1)CC(=O)N2. The molecule has 1 aliphatic heterocycles. The number of pyridine rings is 1. The minimum Gasteiger partial charge on any atom is -0.357 e. The van der Waals surface area contributed by atoms with Crippen LogP contribution in [0.5, 0.6) is 0 Å². The van der Waals surface area contributed by atoms with E-state index in [2.05, 4.69) is 19.9 Å². The van der Waals surface area contributed by atoms with Gasteiger partial charge in [-0.15, -0.1) is 0 Å². The summed E-state index contributed by atoms with van der Waals surface area (Å²) in [4.78, 5) is 31.0. The number of aromatic nitrogens is 3. The Kier molecular flexibility index (Phi) is 5.90. The van der Waals surface area contributed by atoms with Gasteiger partial charge in [0, 0.05) is 24.9 Å². The molecule has 8 heteroatoms. The third kappa shape index (κ3) is 4.20. The van der Waals surface area contributed by atoms with Crippen LogP contribution >= 0.6 is 0 Å². The Bertz CT molecular complexity index is 1380. The maximum atomic E-state index is 12.7. The summed E-state index contributed by atoms with van der Waals surface area (Å²) < 4.78 is 7.69. The molecule has 1 amide bonds. The number of amides is 1. The molecule has 0 spiro atoms. The fourth-order valence-electron chi connectivity index (χ4n) is 4.33. The Morgan fingerprint density at radius 3 is 2.85 bits per heavy atom. The quantitative estimate of drug-likeness (QED) is 0.630. The van der Waals surface area contributed by atoms with Crippen LogP contribution in [0.3, 0.4) is 0 Å². The second-order valence-corrected chi connectivity index (χ2v) is 8.19. The Morgan fingerprint density at radius 2 is 2.06 bits per heavy atom. The summed E-state index contributed by atoms with van der Waals surface area (Å²) in [6.45, 7) is 6.41. The van der Waals surface area contributed by atoms with E-state index in [0.29, 0.717) is 30.1 Å². The number of aryl methyl sites for hydroxylation is 1. The minimum atomic E-state index is -0.277. The molecule has 2 aromatic heterocycles. The van der Waals surface area contributed by atoms with Crippen LogP contribution in [0.2, 0.25) is 0 Å². The molecule has 1 aliphatic carbocycles. The molecular formula is C26H26N6O2. The smallest absolute Gasteiger partial charge is 0.230 e. The predicted molar refractivity (Wildman–Crippen MR) is 132 cm³/mol. The number of nitrogens with one attached hydrogen (secondary N) is 1. The molecule has 3 aromatic rings. The largest absolute Gasteiger partial charge is 0.357 e. The number of aliphatic imine (C=N–C) groups is 2. The van der Waals surface area contributed by atoms with Gasteiger partial charge in [-0.3, -0.25) is 19.3 Å². The lowest BCUT2D eigenvalue weighted by Crippen LogP contribution is -2.25. The zero-order valence-electron chi connectivity index (χ0n) is 19.4. The normalized spacial score (nSPS) is 18.0. The van der Waals surface area contributed by atoms with Gasteiger partial charge in [0.15, 0.2) is 0 Å². The van der Waals surface area contributed by atoms with Crippen molar-refractivity contribution in [3.8, 4) is 5.69 Å². The van der Waals surface area contributed by atoms with Crippen LogP contribution in [-0.2, 0) is 9.53 Å². The Labute approximate surface area is 197 Å². The van der Waals surface area contributed by atoms with Crippen LogP contribution < -0.4 is 5.32 Å². The first kappa shape index (κ1) is 21.9. The van der Waals surface area contributed by atoms with Crippen LogP contribution in [0.25, 0.3) is 16.7 Å². The van der Waals surface area contributed by atoms with Crippen molar-refractivity contribution in [1.82, 2.24) is 19.9 Å². The summed E-state index contributed by atoms with van der Waals surface area (Å²) >= 11 is 0. The first-order valence-electron chi connectivity index (χ1n) is 11.4. The fraction of sp³-hybridized carbons (Fsp3) is 0.269. The molecule has 0 saturated carbocycles. The van der Waals surface area contributed by atoms with Gasteiger partial charge in [0.05, 0.1) is 35.3 Å². The average Bonchev–Trinajstić information content (AvgIpc) is 3.05. The third-order valence-electron chi connectivity index (χ3n) is 5.80. The van der Waals surface area contributed by atoms with E-state index in [9.17, 15) is 4.79 Å². The van der Waals surface area contributed by atoms with Crippen molar-refractivity contribution in [3.63, 3.8) is 0 Å². The number of hydrogen-bond donors (Lipinski definition) is 1. The topological polar surface area (TPSA) is 93.8 Å². The molecule has 0 bridgehead atoms. The number of hydrogen-bond acceptors (Lipinski definition) is 6. The van der Waals surface area contributed by atoms with E-state index in [0.717, 1.165) is 33.8 Å². The van der Waals surface area contributed by atoms with Crippen LogP contribution in [0, 0.1) is 6.92 Å². The van der Waals surface area contributed by atoms with Gasteiger partial charge in [-0.1, -0.05) is 18.2 Å². The second kappa shape index (κ2) is 9.15. The number of benzene rings is 1. The monoisotopic (exact) mass is 454 g/mol. The number of imidazole rings is 1. The van der Waals surface area contributed by atoms with Gasteiger partial charge in [0.1, 0.15) is 23.3 Å². The highest BCUT2D eigenvalue weighted by Crippen LogP contribution is 2.24. The summed E-state index contributed by atoms with van der Waals surface area (Å²) in [6, 6.07) is 10.0. The van der Waals surface area contributed by atoms with Gasteiger partial charge in [0.2, 0.25) is 5.91 Å². The molecule has 0 saturated heterocycles. The maximum absolute atomic E-state index is 12.7. The lowest BCUT2D eigenvalue weighted by Gasteiger charge is -2.16. The van der Waals surface area contributed by atoms with E-state index in [1.165, 1.54) is 0 Å². The zero-order chi connectivity index (χ0) is 23.7. The lowest BCUT2D eigenvalue weighted by molar-refractivity contribution is -0.119. The van der Waals surface area contributed by atoms with E-state index < -0.39 is 0 Å². The second-order valence-electron chi connectivity index (χ2n) is 8.19. The first-order chi connectivity index (χ1) is 16.5.